The highest BCUT2D eigenvalue weighted by Gasteiger charge is 2.26. The van der Waals surface area contributed by atoms with Crippen LogP contribution >= 0.6 is 11.6 Å². The fraction of sp³-hybridized carbons (Fsp3) is 0.333. The van der Waals surface area contributed by atoms with Crippen LogP contribution in [0.15, 0.2) is 39.0 Å². The van der Waals surface area contributed by atoms with Crippen LogP contribution in [0.3, 0.4) is 0 Å². The Labute approximate surface area is 159 Å². The summed E-state index contributed by atoms with van der Waals surface area (Å²) in [6.07, 6.45) is 0. The zero-order chi connectivity index (χ0) is 19.3. The lowest BCUT2D eigenvalue weighted by Crippen LogP contribution is -2.39. The molecular weight excluding hydrogens is 368 g/mol. The van der Waals surface area contributed by atoms with E-state index in [2.05, 4.69) is 10.1 Å². The van der Waals surface area contributed by atoms with Gasteiger partial charge in [0.05, 0.1) is 18.8 Å². The number of fused-ring (bicyclic) bond motifs is 3. The molecule has 0 aliphatic carbocycles. The van der Waals surface area contributed by atoms with Gasteiger partial charge < -0.3 is 0 Å². The van der Waals surface area contributed by atoms with Crippen LogP contribution in [0, 0.1) is 0 Å². The third kappa shape index (κ3) is 2.76. The standard InChI is InChI=1S/C18H19ClN6O2/c1-4-23-16(26)14-15(22(3)18(23)27)20-17-24(14)9-11(2)21-25(17)10-12-5-7-13(19)8-6-12/h5-8H,4,9-10H2,1-3H3. The molecule has 4 rings (SSSR count). The Morgan fingerprint density at radius 1 is 1.19 bits per heavy atom. The molecule has 140 valence electrons. The maximum Gasteiger partial charge on any atom is 0.332 e. The van der Waals surface area contributed by atoms with E-state index in [1.54, 1.807) is 19.0 Å². The number of hydrogen-bond acceptors (Lipinski definition) is 5. The first kappa shape index (κ1) is 17.5. The minimum Gasteiger partial charge on any atom is -0.297 e. The van der Waals surface area contributed by atoms with Crippen molar-refractivity contribution in [1.82, 2.24) is 18.7 Å². The van der Waals surface area contributed by atoms with Gasteiger partial charge in [0, 0.05) is 18.6 Å². The normalized spacial score (nSPS) is 13.8. The lowest BCUT2D eigenvalue weighted by Gasteiger charge is -2.25. The van der Waals surface area contributed by atoms with Gasteiger partial charge in [0.25, 0.3) is 5.56 Å². The molecule has 8 nitrogen and oxygen atoms in total. The molecule has 0 N–H and O–H groups in total. The van der Waals surface area contributed by atoms with E-state index in [4.69, 9.17) is 11.6 Å². The van der Waals surface area contributed by atoms with Gasteiger partial charge in [0.1, 0.15) is 0 Å². The van der Waals surface area contributed by atoms with Crippen LogP contribution in [0.25, 0.3) is 11.2 Å². The number of hydrazone groups is 1. The molecule has 3 heterocycles. The summed E-state index contributed by atoms with van der Waals surface area (Å²) >= 11 is 5.96. The van der Waals surface area contributed by atoms with Crippen molar-refractivity contribution in [3.63, 3.8) is 0 Å². The molecule has 1 aromatic carbocycles. The van der Waals surface area contributed by atoms with Crippen LogP contribution in [0.2, 0.25) is 5.02 Å². The zero-order valence-corrected chi connectivity index (χ0v) is 16.1. The fourth-order valence-corrected chi connectivity index (χ4v) is 3.49. The summed E-state index contributed by atoms with van der Waals surface area (Å²) < 4.78 is 4.48. The van der Waals surface area contributed by atoms with E-state index in [-0.39, 0.29) is 11.2 Å². The average molecular weight is 387 g/mol. The Hall–Kier alpha value is -2.87. The lowest BCUT2D eigenvalue weighted by atomic mass is 10.2. The number of aromatic nitrogens is 4. The van der Waals surface area contributed by atoms with Gasteiger partial charge in [-0.05, 0) is 31.5 Å². The van der Waals surface area contributed by atoms with Crippen molar-refractivity contribution < 1.29 is 0 Å². The largest absolute Gasteiger partial charge is 0.332 e. The molecular formula is C18H19ClN6O2. The molecule has 0 saturated heterocycles. The first-order chi connectivity index (χ1) is 12.9. The smallest absolute Gasteiger partial charge is 0.297 e. The van der Waals surface area contributed by atoms with Crippen LogP contribution < -0.4 is 16.3 Å². The minimum atomic E-state index is -0.368. The quantitative estimate of drug-likeness (QED) is 0.689. The molecule has 0 radical (unpaired) electrons. The van der Waals surface area contributed by atoms with E-state index in [9.17, 15) is 9.59 Å². The van der Waals surface area contributed by atoms with E-state index in [0.29, 0.717) is 41.8 Å². The molecule has 1 aliphatic heterocycles. The number of halogens is 1. The first-order valence-electron chi connectivity index (χ1n) is 8.66. The molecule has 3 aromatic rings. The Bertz CT molecular complexity index is 1190. The summed E-state index contributed by atoms with van der Waals surface area (Å²) in [5.74, 6) is 0.548. The number of nitrogens with zero attached hydrogens (tertiary/aromatic N) is 6. The number of imidazole rings is 1. The van der Waals surface area contributed by atoms with Gasteiger partial charge in [-0.1, -0.05) is 23.7 Å². The summed E-state index contributed by atoms with van der Waals surface area (Å²) in [6.45, 7) is 4.93. The summed E-state index contributed by atoms with van der Waals surface area (Å²) in [5.41, 5.74) is 1.96. The third-order valence-corrected chi connectivity index (χ3v) is 4.94. The molecule has 0 saturated carbocycles. The van der Waals surface area contributed by atoms with E-state index in [1.807, 2.05) is 35.8 Å². The number of hydrogen-bond donors (Lipinski definition) is 0. The topological polar surface area (TPSA) is 77.4 Å². The highest BCUT2D eigenvalue weighted by Crippen LogP contribution is 2.25. The molecule has 1 aliphatic rings. The number of rotatable bonds is 3. The zero-order valence-electron chi connectivity index (χ0n) is 15.3. The molecule has 0 atom stereocenters. The lowest BCUT2D eigenvalue weighted by molar-refractivity contribution is 0.634. The van der Waals surface area contributed by atoms with Crippen LogP contribution in [-0.4, -0.2) is 24.4 Å². The summed E-state index contributed by atoms with van der Waals surface area (Å²) in [6, 6.07) is 7.50. The van der Waals surface area contributed by atoms with Crippen LogP contribution in [0.1, 0.15) is 19.4 Å². The van der Waals surface area contributed by atoms with Crippen LogP contribution in [-0.2, 0) is 26.7 Å². The van der Waals surface area contributed by atoms with Crippen molar-refractivity contribution in [2.75, 3.05) is 5.01 Å². The van der Waals surface area contributed by atoms with Crippen molar-refractivity contribution >= 4 is 34.4 Å². The monoisotopic (exact) mass is 386 g/mol. The third-order valence-electron chi connectivity index (χ3n) is 4.68. The second kappa shape index (κ2) is 6.38. The number of benzene rings is 1. The highest BCUT2D eigenvalue weighted by atomic mass is 35.5. The van der Waals surface area contributed by atoms with Crippen molar-refractivity contribution in [1.29, 1.82) is 0 Å². The fourth-order valence-electron chi connectivity index (χ4n) is 3.37. The first-order valence-corrected chi connectivity index (χ1v) is 9.04. The van der Waals surface area contributed by atoms with Gasteiger partial charge in [-0.15, -0.1) is 0 Å². The van der Waals surface area contributed by atoms with Gasteiger partial charge in [-0.25, -0.2) is 9.80 Å². The van der Waals surface area contributed by atoms with Crippen LogP contribution in [0.5, 0.6) is 0 Å². The SMILES string of the molecule is CCn1c(=O)c2c(nc3n2CC(C)=NN3Cc2ccc(Cl)cc2)n(C)c1=O. The molecule has 9 heteroatoms. The Kier molecular flexibility index (Phi) is 4.15. The second-order valence-electron chi connectivity index (χ2n) is 6.58. The van der Waals surface area contributed by atoms with Gasteiger partial charge in [-0.2, -0.15) is 10.1 Å². The predicted molar refractivity (Wildman–Crippen MR) is 106 cm³/mol. The molecule has 0 unspecified atom stereocenters. The summed E-state index contributed by atoms with van der Waals surface area (Å²) in [7, 11) is 1.63. The molecule has 0 fully saturated rings. The van der Waals surface area contributed by atoms with Crippen LogP contribution in [0.4, 0.5) is 5.95 Å². The van der Waals surface area contributed by atoms with E-state index in [1.165, 1.54) is 9.13 Å². The Morgan fingerprint density at radius 3 is 2.56 bits per heavy atom. The van der Waals surface area contributed by atoms with E-state index >= 15 is 0 Å². The Morgan fingerprint density at radius 2 is 1.89 bits per heavy atom. The van der Waals surface area contributed by atoms with Crippen molar-refractivity contribution in [3.05, 3.63) is 55.7 Å². The van der Waals surface area contributed by atoms with Gasteiger partial charge in [-0.3, -0.25) is 18.5 Å². The van der Waals surface area contributed by atoms with Crippen molar-refractivity contribution in [2.45, 2.75) is 33.5 Å². The maximum atomic E-state index is 12.9. The summed E-state index contributed by atoms with van der Waals surface area (Å²) in [4.78, 5) is 29.9. The van der Waals surface area contributed by atoms with Gasteiger partial charge in [0.2, 0.25) is 5.95 Å². The molecule has 0 spiro atoms. The van der Waals surface area contributed by atoms with Gasteiger partial charge >= 0.3 is 5.69 Å². The van der Waals surface area contributed by atoms with Crippen molar-refractivity contribution in [2.24, 2.45) is 12.1 Å². The van der Waals surface area contributed by atoms with Gasteiger partial charge in [0.15, 0.2) is 11.2 Å². The second-order valence-corrected chi connectivity index (χ2v) is 7.02. The van der Waals surface area contributed by atoms with E-state index < -0.39 is 0 Å². The summed E-state index contributed by atoms with van der Waals surface area (Å²) in [5, 5.41) is 7.02. The molecule has 27 heavy (non-hydrogen) atoms. The predicted octanol–water partition coefficient (Wildman–Crippen LogP) is 1.97. The Balaban J connectivity index is 1.91. The number of anilines is 1. The minimum absolute atomic E-state index is 0.309. The molecule has 2 aromatic heterocycles. The average Bonchev–Trinajstić information content (AvgIpc) is 3.02. The maximum absolute atomic E-state index is 12.9. The number of aryl methyl sites for hydroxylation is 1. The van der Waals surface area contributed by atoms with E-state index in [0.717, 1.165) is 11.3 Å². The molecule has 0 amide bonds. The highest BCUT2D eigenvalue weighted by molar-refractivity contribution is 6.30. The molecule has 0 bridgehead atoms. The van der Waals surface area contributed by atoms with Crippen molar-refractivity contribution in [3.8, 4) is 0 Å².